The van der Waals surface area contributed by atoms with Crippen LogP contribution in [-0.2, 0) is 11.3 Å². The molecular formula is C16H17FN2O2. The maximum Gasteiger partial charge on any atom is 0.325 e. The molecule has 0 saturated heterocycles. The molecule has 21 heavy (non-hydrogen) atoms. The van der Waals surface area contributed by atoms with Gasteiger partial charge >= 0.3 is 5.97 Å². The van der Waals surface area contributed by atoms with Gasteiger partial charge in [-0.1, -0.05) is 29.3 Å². The van der Waals surface area contributed by atoms with E-state index in [1.165, 1.54) is 18.3 Å². The van der Waals surface area contributed by atoms with Crippen molar-refractivity contribution in [3.05, 3.63) is 64.7 Å². The molecule has 4 nitrogen and oxygen atoms in total. The standard InChI is InChI=1S/C16H17FN2O2/c1-10-6-11(2)8-12(7-10)15(16(20)21)19-9-14-13(17)4-3-5-18-14/h3-8,15,19H,9H2,1-2H3,(H,20,21). The topological polar surface area (TPSA) is 62.2 Å². The number of hydrogen-bond acceptors (Lipinski definition) is 3. The van der Waals surface area contributed by atoms with Crippen molar-refractivity contribution in [2.45, 2.75) is 26.4 Å². The minimum Gasteiger partial charge on any atom is -0.480 e. The molecule has 0 amide bonds. The van der Waals surface area contributed by atoms with Crippen LogP contribution >= 0.6 is 0 Å². The molecule has 5 heteroatoms. The van der Waals surface area contributed by atoms with Gasteiger partial charge in [0.25, 0.3) is 0 Å². The molecule has 2 aromatic rings. The quantitative estimate of drug-likeness (QED) is 0.888. The van der Waals surface area contributed by atoms with Crippen LogP contribution < -0.4 is 5.32 Å². The van der Waals surface area contributed by atoms with Crippen LogP contribution in [0, 0.1) is 19.7 Å². The fourth-order valence-electron chi connectivity index (χ4n) is 2.27. The molecule has 0 aliphatic carbocycles. The lowest BCUT2D eigenvalue weighted by atomic mass is 10.0. The zero-order valence-electron chi connectivity index (χ0n) is 11.9. The summed E-state index contributed by atoms with van der Waals surface area (Å²) in [4.78, 5) is 15.4. The molecular weight excluding hydrogens is 271 g/mol. The van der Waals surface area contributed by atoms with Gasteiger partial charge in [-0.2, -0.15) is 0 Å². The highest BCUT2D eigenvalue weighted by molar-refractivity contribution is 5.75. The van der Waals surface area contributed by atoms with E-state index in [-0.39, 0.29) is 12.2 Å². The summed E-state index contributed by atoms with van der Waals surface area (Å²) in [6.07, 6.45) is 1.48. The van der Waals surface area contributed by atoms with Crippen molar-refractivity contribution in [1.29, 1.82) is 0 Å². The lowest BCUT2D eigenvalue weighted by Gasteiger charge is -2.16. The number of hydrogen-bond donors (Lipinski definition) is 2. The molecule has 0 saturated carbocycles. The fourth-order valence-corrected chi connectivity index (χ4v) is 2.27. The predicted octanol–water partition coefficient (Wildman–Crippen LogP) is 2.75. The SMILES string of the molecule is Cc1cc(C)cc(C(NCc2ncccc2F)C(=O)O)c1. The summed E-state index contributed by atoms with van der Waals surface area (Å²) in [6.45, 7) is 3.87. The van der Waals surface area contributed by atoms with E-state index < -0.39 is 17.8 Å². The van der Waals surface area contributed by atoms with Crippen LogP contribution in [-0.4, -0.2) is 16.1 Å². The summed E-state index contributed by atoms with van der Waals surface area (Å²) in [6, 6.07) is 7.50. The molecule has 0 bridgehead atoms. The molecule has 0 fully saturated rings. The predicted molar refractivity (Wildman–Crippen MR) is 77.3 cm³/mol. The van der Waals surface area contributed by atoms with Crippen LogP contribution in [0.15, 0.2) is 36.5 Å². The van der Waals surface area contributed by atoms with Crippen LogP contribution in [0.5, 0.6) is 0 Å². The number of pyridine rings is 1. The van der Waals surface area contributed by atoms with Crippen molar-refractivity contribution in [2.75, 3.05) is 0 Å². The second kappa shape index (κ2) is 6.45. The molecule has 0 spiro atoms. The molecule has 1 unspecified atom stereocenters. The summed E-state index contributed by atoms with van der Waals surface area (Å²) in [5, 5.41) is 12.2. The van der Waals surface area contributed by atoms with E-state index in [4.69, 9.17) is 0 Å². The Balaban J connectivity index is 2.20. The largest absolute Gasteiger partial charge is 0.480 e. The normalized spacial score (nSPS) is 12.1. The molecule has 0 aliphatic heterocycles. The number of nitrogens with zero attached hydrogens (tertiary/aromatic N) is 1. The fraction of sp³-hybridized carbons (Fsp3) is 0.250. The number of aromatic nitrogens is 1. The molecule has 0 aliphatic rings. The number of nitrogens with one attached hydrogen (secondary N) is 1. The smallest absolute Gasteiger partial charge is 0.325 e. The lowest BCUT2D eigenvalue weighted by molar-refractivity contribution is -0.139. The Labute approximate surface area is 122 Å². The third-order valence-corrected chi connectivity index (χ3v) is 3.13. The van der Waals surface area contributed by atoms with Crippen molar-refractivity contribution in [3.63, 3.8) is 0 Å². The second-order valence-corrected chi connectivity index (χ2v) is 5.01. The van der Waals surface area contributed by atoms with E-state index in [1.54, 1.807) is 0 Å². The third-order valence-electron chi connectivity index (χ3n) is 3.13. The van der Waals surface area contributed by atoms with Gasteiger partial charge in [0.05, 0.1) is 5.69 Å². The van der Waals surface area contributed by atoms with E-state index in [1.807, 2.05) is 32.0 Å². The van der Waals surface area contributed by atoms with Crippen molar-refractivity contribution in [2.24, 2.45) is 0 Å². The first-order valence-electron chi connectivity index (χ1n) is 6.61. The van der Waals surface area contributed by atoms with Crippen LogP contribution in [0.3, 0.4) is 0 Å². The third kappa shape index (κ3) is 3.86. The van der Waals surface area contributed by atoms with Gasteiger partial charge in [0, 0.05) is 12.7 Å². The van der Waals surface area contributed by atoms with E-state index >= 15 is 0 Å². The molecule has 2 N–H and O–H groups in total. The number of rotatable bonds is 5. The van der Waals surface area contributed by atoms with E-state index in [0.29, 0.717) is 5.56 Å². The first-order chi connectivity index (χ1) is 9.97. The van der Waals surface area contributed by atoms with Crippen LogP contribution in [0.4, 0.5) is 4.39 Å². The average Bonchev–Trinajstić information content (AvgIpc) is 2.39. The van der Waals surface area contributed by atoms with Gasteiger partial charge in [-0.15, -0.1) is 0 Å². The van der Waals surface area contributed by atoms with Gasteiger partial charge in [-0.25, -0.2) is 4.39 Å². The van der Waals surface area contributed by atoms with E-state index in [9.17, 15) is 14.3 Å². The van der Waals surface area contributed by atoms with Gasteiger partial charge < -0.3 is 5.11 Å². The number of aliphatic carboxylic acids is 1. The maximum atomic E-state index is 13.5. The van der Waals surface area contributed by atoms with E-state index in [2.05, 4.69) is 10.3 Å². The Morgan fingerprint density at radius 2 is 2.00 bits per heavy atom. The second-order valence-electron chi connectivity index (χ2n) is 5.01. The molecule has 2 rings (SSSR count). The zero-order valence-corrected chi connectivity index (χ0v) is 11.9. The van der Waals surface area contributed by atoms with Gasteiger partial charge in [0.15, 0.2) is 0 Å². The number of halogens is 1. The molecule has 1 atom stereocenters. The van der Waals surface area contributed by atoms with Gasteiger partial charge in [-0.3, -0.25) is 15.1 Å². The first kappa shape index (κ1) is 15.1. The zero-order chi connectivity index (χ0) is 15.4. The summed E-state index contributed by atoms with van der Waals surface area (Å²) in [5.41, 5.74) is 2.83. The summed E-state index contributed by atoms with van der Waals surface area (Å²) >= 11 is 0. The van der Waals surface area contributed by atoms with Crippen molar-refractivity contribution in [1.82, 2.24) is 10.3 Å². The summed E-state index contributed by atoms with van der Waals surface area (Å²) in [7, 11) is 0. The number of aryl methyl sites for hydroxylation is 2. The number of carboxylic acid groups (broad SMARTS) is 1. The highest BCUT2D eigenvalue weighted by Gasteiger charge is 2.20. The first-order valence-corrected chi connectivity index (χ1v) is 6.61. The van der Waals surface area contributed by atoms with Gasteiger partial charge in [-0.05, 0) is 31.5 Å². The Morgan fingerprint density at radius 1 is 1.33 bits per heavy atom. The van der Waals surface area contributed by atoms with Crippen LogP contribution in [0.25, 0.3) is 0 Å². The number of carbonyl (C=O) groups is 1. The van der Waals surface area contributed by atoms with Gasteiger partial charge in [0.2, 0.25) is 0 Å². The van der Waals surface area contributed by atoms with Crippen molar-refractivity contribution >= 4 is 5.97 Å². The molecule has 1 aromatic heterocycles. The van der Waals surface area contributed by atoms with Crippen molar-refractivity contribution < 1.29 is 14.3 Å². The summed E-state index contributed by atoms with van der Waals surface area (Å²) in [5.74, 6) is -1.45. The van der Waals surface area contributed by atoms with E-state index in [0.717, 1.165) is 11.1 Å². The maximum absolute atomic E-state index is 13.5. The minimum atomic E-state index is -1.00. The summed E-state index contributed by atoms with van der Waals surface area (Å²) < 4.78 is 13.5. The Hall–Kier alpha value is -2.27. The Bertz CT molecular complexity index is 638. The highest BCUT2D eigenvalue weighted by atomic mass is 19.1. The number of carboxylic acids is 1. The molecule has 1 heterocycles. The number of benzene rings is 1. The molecule has 0 radical (unpaired) electrons. The van der Waals surface area contributed by atoms with Crippen LogP contribution in [0.2, 0.25) is 0 Å². The minimum absolute atomic E-state index is 0.0522. The average molecular weight is 288 g/mol. The Morgan fingerprint density at radius 3 is 2.57 bits per heavy atom. The lowest BCUT2D eigenvalue weighted by Crippen LogP contribution is -2.29. The van der Waals surface area contributed by atoms with Gasteiger partial charge in [0.1, 0.15) is 11.9 Å². The van der Waals surface area contributed by atoms with Crippen LogP contribution in [0.1, 0.15) is 28.4 Å². The Kier molecular flexibility index (Phi) is 4.65. The molecule has 110 valence electrons. The monoisotopic (exact) mass is 288 g/mol. The van der Waals surface area contributed by atoms with Crippen molar-refractivity contribution in [3.8, 4) is 0 Å². The highest BCUT2D eigenvalue weighted by Crippen LogP contribution is 2.18. The molecule has 1 aromatic carbocycles.